The first-order chi connectivity index (χ1) is 11.8. The summed E-state index contributed by atoms with van der Waals surface area (Å²) in [6.07, 6.45) is 14.6. The maximum absolute atomic E-state index is 13.0. The molecule has 1 saturated carbocycles. The first-order valence-electron chi connectivity index (χ1n) is 9.21. The van der Waals surface area contributed by atoms with Gasteiger partial charge in [-0.1, -0.05) is 0 Å². The maximum Gasteiger partial charge on any atom is 0.225 e. The lowest BCUT2D eigenvalue weighted by Gasteiger charge is -2.37. The molecule has 0 aromatic carbocycles. The lowest BCUT2D eigenvalue weighted by atomic mass is 9.84. The lowest BCUT2D eigenvalue weighted by molar-refractivity contribution is -0.138. The summed E-state index contributed by atoms with van der Waals surface area (Å²) in [5.41, 5.74) is 0. The van der Waals surface area contributed by atoms with Crippen LogP contribution in [0.3, 0.4) is 0 Å². The van der Waals surface area contributed by atoms with Crippen LogP contribution in [0.2, 0.25) is 0 Å². The van der Waals surface area contributed by atoms with Crippen molar-refractivity contribution in [3.8, 4) is 0 Å². The van der Waals surface area contributed by atoms with Gasteiger partial charge in [-0.2, -0.15) is 5.10 Å². The van der Waals surface area contributed by atoms with Gasteiger partial charge in [0.05, 0.1) is 6.04 Å². The summed E-state index contributed by atoms with van der Waals surface area (Å²) >= 11 is 0. The largest absolute Gasteiger partial charge is 0.351 e. The van der Waals surface area contributed by atoms with E-state index in [-0.39, 0.29) is 5.92 Å². The van der Waals surface area contributed by atoms with Gasteiger partial charge in [-0.15, -0.1) is 0 Å². The van der Waals surface area contributed by atoms with E-state index in [1.807, 2.05) is 23.1 Å². The molecule has 1 saturated heterocycles. The molecule has 24 heavy (non-hydrogen) atoms. The number of likely N-dealkylation sites (tertiary alicyclic amines) is 1. The first kappa shape index (κ1) is 15.5. The van der Waals surface area contributed by atoms with Gasteiger partial charge in [0.1, 0.15) is 0 Å². The third kappa shape index (κ3) is 3.12. The molecule has 5 heteroatoms. The molecule has 2 fully saturated rings. The van der Waals surface area contributed by atoms with Gasteiger partial charge in [0.15, 0.2) is 0 Å². The van der Waals surface area contributed by atoms with Crippen LogP contribution in [-0.4, -0.2) is 38.2 Å². The fraction of sp³-hybridized carbons (Fsp3) is 0.579. The van der Waals surface area contributed by atoms with E-state index in [1.54, 1.807) is 0 Å². The van der Waals surface area contributed by atoms with Gasteiger partial charge in [-0.3, -0.25) is 9.48 Å². The van der Waals surface area contributed by atoms with Crippen LogP contribution in [-0.2, 0) is 4.79 Å². The highest BCUT2D eigenvalue weighted by Crippen LogP contribution is 2.34. The number of aromatic nitrogens is 3. The Labute approximate surface area is 143 Å². The molecule has 0 N–H and O–H groups in total. The number of carbonyl (C=O) groups is 1. The molecule has 1 aliphatic heterocycles. The number of hydrogen-bond donors (Lipinski definition) is 0. The Hall–Kier alpha value is -2.04. The molecule has 0 unspecified atom stereocenters. The Morgan fingerprint density at radius 2 is 1.71 bits per heavy atom. The number of hydrogen-bond acceptors (Lipinski definition) is 2. The summed E-state index contributed by atoms with van der Waals surface area (Å²) in [6.45, 7) is 1.73. The average molecular weight is 326 g/mol. The zero-order chi connectivity index (χ0) is 16.4. The van der Waals surface area contributed by atoms with E-state index in [0.29, 0.717) is 18.0 Å². The second kappa shape index (κ2) is 6.83. The third-order valence-corrected chi connectivity index (χ3v) is 5.70. The quantitative estimate of drug-likeness (QED) is 0.869. The van der Waals surface area contributed by atoms with Crippen LogP contribution in [0.4, 0.5) is 0 Å². The highest BCUT2D eigenvalue weighted by atomic mass is 16.2. The molecule has 0 spiro atoms. The van der Waals surface area contributed by atoms with Crippen LogP contribution >= 0.6 is 0 Å². The van der Waals surface area contributed by atoms with Crippen LogP contribution in [0.1, 0.15) is 50.6 Å². The number of nitrogens with zero attached hydrogens (tertiary/aromatic N) is 4. The van der Waals surface area contributed by atoms with Crippen LogP contribution in [0, 0.1) is 5.92 Å². The Kier molecular flexibility index (Phi) is 4.41. The van der Waals surface area contributed by atoms with Crippen molar-refractivity contribution < 1.29 is 4.79 Å². The Balaban J connectivity index is 1.34. The predicted octanol–water partition coefficient (Wildman–Crippen LogP) is 3.28. The van der Waals surface area contributed by atoms with Crippen molar-refractivity contribution in [1.82, 2.24) is 19.2 Å². The van der Waals surface area contributed by atoms with Crippen molar-refractivity contribution in [2.45, 2.75) is 50.6 Å². The molecule has 128 valence electrons. The van der Waals surface area contributed by atoms with Crippen LogP contribution in [0.5, 0.6) is 0 Å². The number of piperidine rings is 1. The first-order valence-corrected chi connectivity index (χ1v) is 9.21. The summed E-state index contributed by atoms with van der Waals surface area (Å²) in [6, 6.07) is 7.04. The Morgan fingerprint density at radius 1 is 0.917 bits per heavy atom. The summed E-state index contributed by atoms with van der Waals surface area (Å²) in [5.74, 6) is 0.589. The third-order valence-electron chi connectivity index (χ3n) is 5.70. The van der Waals surface area contributed by atoms with Crippen molar-refractivity contribution in [3.63, 3.8) is 0 Å². The average Bonchev–Trinajstić information content (AvgIpc) is 3.35. The minimum Gasteiger partial charge on any atom is -0.351 e. The fourth-order valence-corrected chi connectivity index (χ4v) is 4.34. The molecule has 4 rings (SSSR count). The van der Waals surface area contributed by atoms with Gasteiger partial charge < -0.3 is 9.47 Å². The second-order valence-corrected chi connectivity index (χ2v) is 7.20. The lowest BCUT2D eigenvalue weighted by Crippen LogP contribution is -2.44. The van der Waals surface area contributed by atoms with Gasteiger partial charge in [-0.25, -0.2) is 0 Å². The maximum atomic E-state index is 13.0. The van der Waals surface area contributed by atoms with Gasteiger partial charge in [-0.05, 0) is 56.7 Å². The number of carbonyl (C=O) groups excluding carboxylic acids is 1. The molecule has 1 atom stereocenters. The van der Waals surface area contributed by atoms with Crippen molar-refractivity contribution >= 4 is 5.91 Å². The summed E-state index contributed by atoms with van der Waals surface area (Å²) in [7, 11) is 0. The van der Waals surface area contributed by atoms with E-state index in [1.165, 1.54) is 0 Å². The molecule has 3 heterocycles. The van der Waals surface area contributed by atoms with Gasteiger partial charge in [0, 0.05) is 49.8 Å². The van der Waals surface area contributed by atoms with Crippen molar-refractivity contribution in [2.24, 2.45) is 5.92 Å². The Bertz CT molecular complexity index is 641. The van der Waals surface area contributed by atoms with Crippen molar-refractivity contribution in [2.75, 3.05) is 13.1 Å². The molecular formula is C19H26N4O. The van der Waals surface area contributed by atoms with E-state index in [2.05, 4.69) is 39.1 Å². The standard InChI is InChI=1S/C19H26N4O/c24-19(16-6-8-17(9-7-16)21-11-1-2-12-21)22-13-3-5-18(15-22)23-14-4-10-20-23/h1-2,4,10-12,14,16-18H,3,5-9,13,15H2/t16?,17?,18-/m1/s1. The molecule has 2 aromatic heterocycles. The predicted molar refractivity (Wildman–Crippen MR) is 92.5 cm³/mol. The molecule has 2 aliphatic rings. The summed E-state index contributed by atoms with van der Waals surface area (Å²) in [5, 5.41) is 4.36. The molecule has 1 aliphatic carbocycles. The van der Waals surface area contributed by atoms with Crippen LogP contribution < -0.4 is 0 Å². The topological polar surface area (TPSA) is 43.1 Å². The van der Waals surface area contributed by atoms with E-state index in [4.69, 9.17) is 0 Å². The van der Waals surface area contributed by atoms with Gasteiger partial charge >= 0.3 is 0 Å². The fourth-order valence-electron chi connectivity index (χ4n) is 4.34. The molecule has 2 aromatic rings. The van der Waals surface area contributed by atoms with E-state index < -0.39 is 0 Å². The van der Waals surface area contributed by atoms with E-state index in [0.717, 1.165) is 51.6 Å². The highest BCUT2D eigenvalue weighted by Gasteiger charge is 2.32. The molecule has 1 amide bonds. The van der Waals surface area contributed by atoms with Crippen molar-refractivity contribution in [1.29, 1.82) is 0 Å². The highest BCUT2D eigenvalue weighted by molar-refractivity contribution is 5.79. The summed E-state index contributed by atoms with van der Waals surface area (Å²) in [4.78, 5) is 15.0. The normalized spacial score (nSPS) is 28.0. The zero-order valence-electron chi connectivity index (χ0n) is 14.1. The zero-order valence-corrected chi connectivity index (χ0v) is 14.1. The summed E-state index contributed by atoms with van der Waals surface area (Å²) < 4.78 is 4.32. The van der Waals surface area contributed by atoms with Gasteiger partial charge in [0.2, 0.25) is 5.91 Å². The smallest absolute Gasteiger partial charge is 0.225 e. The van der Waals surface area contributed by atoms with E-state index in [9.17, 15) is 4.79 Å². The molecule has 5 nitrogen and oxygen atoms in total. The minimum absolute atomic E-state index is 0.216. The van der Waals surface area contributed by atoms with Crippen LogP contribution in [0.15, 0.2) is 43.0 Å². The number of rotatable bonds is 3. The minimum atomic E-state index is 0.216. The van der Waals surface area contributed by atoms with Crippen molar-refractivity contribution in [3.05, 3.63) is 43.0 Å². The van der Waals surface area contributed by atoms with Crippen LogP contribution in [0.25, 0.3) is 0 Å². The molecule has 0 radical (unpaired) electrons. The number of amides is 1. The molecular weight excluding hydrogens is 300 g/mol. The van der Waals surface area contributed by atoms with E-state index >= 15 is 0 Å². The SMILES string of the molecule is O=C(C1CCC(n2cccc2)CC1)N1CCC[C@@H](n2cccn2)C1. The molecule has 0 bridgehead atoms. The second-order valence-electron chi connectivity index (χ2n) is 7.20. The monoisotopic (exact) mass is 326 g/mol. The Morgan fingerprint density at radius 3 is 2.42 bits per heavy atom. The van der Waals surface area contributed by atoms with Gasteiger partial charge in [0.25, 0.3) is 0 Å².